The van der Waals surface area contributed by atoms with E-state index < -0.39 is 0 Å². The van der Waals surface area contributed by atoms with Crippen molar-refractivity contribution < 1.29 is 9.47 Å². The number of nitrogens with one attached hydrogen (secondary N) is 1. The van der Waals surface area contributed by atoms with Crippen molar-refractivity contribution in [1.29, 1.82) is 0 Å². The molecule has 3 rings (SSSR count). The first kappa shape index (κ1) is 16.1. The molecule has 0 bridgehead atoms. The van der Waals surface area contributed by atoms with Gasteiger partial charge in [0.2, 0.25) is 0 Å². The van der Waals surface area contributed by atoms with Crippen molar-refractivity contribution in [2.45, 2.75) is 32.7 Å². The minimum absolute atomic E-state index is 0.231. The van der Waals surface area contributed by atoms with E-state index in [0.29, 0.717) is 12.5 Å². The summed E-state index contributed by atoms with van der Waals surface area (Å²) in [7, 11) is 1.68. The molecule has 2 aliphatic heterocycles. The highest BCUT2D eigenvalue weighted by atomic mass is 16.5. The van der Waals surface area contributed by atoms with Crippen molar-refractivity contribution >= 4 is 5.71 Å². The number of methoxy groups -OCH3 is 1. The molecule has 0 amide bonds. The minimum atomic E-state index is 0.231. The van der Waals surface area contributed by atoms with E-state index in [1.807, 2.05) is 13.0 Å². The highest BCUT2D eigenvalue weighted by Crippen LogP contribution is 2.36. The van der Waals surface area contributed by atoms with Crippen LogP contribution in [0.15, 0.2) is 23.3 Å². The molecule has 23 heavy (non-hydrogen) atoms. The molecule has 1 N–H and O–H groups in total. The van der Waals surface area contributed by atoms with Gasteiger partial charge in [0.05, 0.1) is 19.8 Å². The molecule has 1 fully saturated rings. The summed E-state index contributed by atoms with van der Waals surface area (Å²) >= 11 is 0. The van der Waals surface area contributed by atoms with Crippen LogP contribution in [0.2, 0.25) is 0 Å². The molecule has 0 saturated carbocycles. The van der Waals surface area contributed by atoms with E-state index in [-0.39, 0.29) is 6.04 Å². The van der Waals surface area contributed by atoms with Crippen molar-refractivity contribution in [2.75, 3.05) is 33.4 Å². The average Bonchev–Trinajstić information content (AvgIpc) is 2.98. The van der Waals surface area contributed by atoms with Crippen molar-refractivity contribution in [3.63, 3.8) is 0 Å². The Hall–Kier alpha value is -1.75. The molecule has 126 valence electrons. The van der Waals surface area contributed by atoms with E-state index in [9.17, 15) is 0 Å². The van der Waals surface area contributed by atoms with Gasteiger partial charge in [-0.3, -0.25) is 0 Å². The molecule has 2 unspecified atom stereocenters. The van der Waals surface area contributed by atoms with E-state index in [1.54, 1.807) is 7.11 Å². The first-order valence-electron chi connectivity index (χ1n) is 8.61. The maximum Gasteiger partial charge on any atom is 0.161 e. The van der Waals surface area contributed by atoms with Crippen LogP contribution in [0.3, 0.4) is 0 Å². The number of piperidine rings is 1. The van der Waals surface area contributed by atoms with Gasteiger partial charge in [-0.05, 0) is 37.6 Å². The Morgan fingerprint density at radius 1 is 1.30 bits per heavy atom. The fourth-order valence-electron chi connectivity index (χ4n) is 3.59. The third kappa shape index (κ3) is 3.29. The standard InChI is InChI=1S/C18H27N3O2/c1-4-9-21-10-8-15-14(12-21)18(20-19-15)13-6-7-16(22-3)17(11-13)23-5-2/h6-7,11,14,18,20H,4-5,8-10,12H2,1-3H3. The predicted octanol–water partition coefficient (Wildman–Crippen LogP) is 2.83. The SMILES string of the molecule is CCCN1CCC2=NNC(c3ccc(OC)c(OCC)c3)C2C1. The monoisotopic (exact) mass is 317 g/mol. The molecule has 1 aromatic rings. The minimum Gasteiger partial charge on any atom is -0.493 e. The van der Waals surface area contributed by atoms with Gasteiger partial charge < -0.3 is 19.8 Å². The largest absolute Gasteiger partial charge is 0.493 e. The second-order valence-corrected chi connectivity index (χ2v) is 6.21. The van der Waals surface area contributed by atoms with Crippen LogP contribution in [0.4, 0.5) is 0 Å². The summed E-state index contributed by atoms with van der Waals surface area (Å²) in [5.41, 5.74) is 5.88. The van der Waals surface area contributed by atoms with E-state index in [1.165, 1.54) is 24.2 Å². The summed E-state index contributed by atoms with van der Waals surface area (Å²) in [6, 6.07) is 6.44. The fourth-order valence-corrected chi connectivity index (χ4v) is 3.59. The number of hydrogen-bond acceptors (Lipinski definition) is 5. The zero-order valence-electron chi connectivity index (χ0n) is 14.3. The van der Waals surface area contributed by atoms with E-state index in [4.69, 9.17) is 9.47 Å². The van der Waals surface area contributed by atoms with E-state index >= 15 is 0 Å². The lowest BCUT2D eigenvalue weighted by Crippen LogP contribution is -2.42. The van der Waals surface area contributed by atoms with Crippen molar-refractivity contribution in [1.82, 2.24) is 10.3 Å². The van der Waals surface area contributed by atoms with Gasteiger partial charge in [0.15, 0.2) is 11.5 Å². The smallest absolute Gasteiger partial charge is 0.161 e. The summed E-state index contributed by atoms with van der Waals surface area (Å²) in [5, 5.41) is 4.60. The molecule has 1 aromatic carbocycles. The Labute approximate surface area is 138 Å². The maximum atomic E-state index is 5.72. The second kappa shape index (κ2) is 7.21. The number of likely N-dealkylation sites (tertiary alicyclic amines) is 1. The number of rotatable bonds is 6. The van der Waals surface area contributed by atoms with Gasteiger partial charge in [-0.2, -0.15) is 5.10 Å². The zero-order valence-corrected chi connectivity index (χ0v) is 14.3. The van der Waals surface area contributed by atoms with Crippen LogP contribution < -0.4 is 14.9 Å². The molecule has 0 radical (unpaired) electrons. The molecular formula is C18H27N3O2. The Morgan fingerprint density at radius 2 is 2.17 bits per heavy atom. The van der Waals surface area contributed by atoms with Gasteiger partial charge in [-0.15, -0.1) is 0 Å². The van der Waals surface area contributed by atoms with Crippen LogP contribution in [0.25, 0.3) is 0 Å². The van der Waals surface area contributed by atoms with E-state index in [2.05, 4.69) is 34.5 Å². The molecule has 0 spiro atoms. The highest BCUT2D eigenvalue weighted by Gasteiger charge is 2.37. The summed E-state index contributed by atoms with van der Waals surface area (Å²) in [4.78, 5) is 2.55. The number of ether oxygens (including phenoxy) is 2. The number of benzene rings is 1. The summed E-state index contributed by atoms with van der Waals surface area (Å²) in [6.45, 7) is 8.25. The lowest BCUT2D eigenvalue weighted by Gasteiger charge is -2.33. The molecule has 2 aliphatic rings. The molecule has 5 heteroatoms. The first-order chi connectivity index (χ1) is 11.3. The van der Waals surface area contributed by atoms with Gasteiger partial charge in [0.25, 0.3) is 0 Å². The zero-order chi connectivity index (χ0) is 16.2. The Balaban J connectivity index is 1.80. The number of hydrogen-bond donors (Lipinski definition) is 1. The van der Waals surface area contributed by atoms with Gasteiger partial charge >= 0.3 is 0 Å². The number of fused-ring (bicyclic) bond motifs is 1. The molecule has 5 nitrogen and oxygen atoms in total. The molecule has 2 heterocycles. The number of hydrazone groups is 1. The fraction of sp³-hybridized carbons (Fsp3) is 0.611. The summed E-state index contributed by atoms with van der Waals surface area (Å²) in [6.07, 6.45) is 2.27. The molecule has 0 aromatic heterocycles. The predicted molar refractivity (Wildman–Crippen MR) is 92.3 cm³/mol. The van der Waals surface area contributed by atoms with Crippen molar-refractivity contribution in [3.05, 3.63) is 23.8 Å². The molecule has 2 atom stereocenters. The Bertz CT molecular complexity index is 573. The van der Waals surface area contributed by atoms with Gasteiger partial charge in [-0.25, -0.2) is 0 Å². The highest BCUT2D eigenvalue weighted by molar-refractivity contribution is 5.90. The summed E-state index contributed by atoms with van der Waals surface area (Å²) < 4.78 is 11.1. The summed E-state index contributed by atoms with van der Waals surface area (Å²) in [5.74, 6) is 2.05. The van der Waals surface area contributed by atoms with Crippen LogP contribution in [-0.4, -0.2) is 44.0 Å². The normalized spacial score (nSPS) is 23.9. The number of nitrogens with zero attached hydrogens (tertiary/aromatic N) is 2. The quantitative estimate of drug-likeness (QED) is 0.876. The Morgan fingerprint density at radius 3 is 2.91 bits per heavy atom. The maximum absolute atomic E-state index is 5.72. The van der Waals surface area contributed by atoms with Crippen LogP contribution in [0.5, 0.6) is 11.5 Å². The van der Waals surface area contributed by atoms with Crippen LogP contribution in [0.1, 0.15) is 38.3 Å². The van der Waals surface area contributed by atoms with Gasteiger partial charge in [-0.1, -0.05) is 13.0 Å². The third-order valence-electron chi connectivity index (χ3n) is 4.70. The van der Waals surface area contributed by atoms with Gasteiger partial charge in [0.1, 0.15) is 0 Å². The molecule has 0 aliphatic carbocycles. The average molecular weight is 317 g/mol. The van der Waals surface area contributed by atoms with E-state index in [0.717, 1.165) is 31.0 Å². The molecular weight excluding hydrogens is 290 g/mol. The Kier molecular flexibility index (Phi) is 5.06. The lowest BCUT2D eigenvalue weighted by atomic mass is 9.86. The molecule has 1 saturated heterocycles. The second-order valence-electron chi connectivity index (χ2n) is 6.21. The lowest BCUT2D eigenvalue weighted by molar-refractivity contribution is 0.228. The van der Waals surface area contributed by atoms with Gasteiger partial charge in [0, 0.05) is 31.1 Å². The topological polar surface area (TPSA) is 46.1 Å². The van der Waals surface area contributed by atoms with Crippen molar-refractivity contribution in [3.8, 4) is 11.5 Å². The first-order valence-corrected chi connectivity index (χ1v) is 8.61. The third-order valence-corrected chi connectivity index (χ3v) is 4.70. The van der Waals surface area contributed by atoms with Crippen LogP contribution >= 0.6 is 0 Å². The van der Waals surface area contributed by atoms with Crippen LogP contribution in [0, 0.1) is 5.92 Å². The van der Waals surface area contributed by atoms with Crippen molar-refractivity contribution in [2.24, 2.45) is 11.0 Å². The van der Waals surface area contributed by atoms with Crippen LogP contribution in [-0.2, 0) is 0 Å².